The summed E-state index contributed by atoms with van der Waals surface area (Å²) in [6.45, 7) is 4.56. The number of nitrogens with one attached hydrogen (secondary N) is 1. The number of ether oxygens (including phenoxy) is 2. The highest BCUT2D eigenvalue weighted by Gasteiger charge is 2.56. The van der Waals surface area contributed by atoms with Crippen molar-refractivity contribution in [2.24, 2.45) is 21.4 Å². The maximum absolute atomic E-state index is 12.6. The second-order valence-corrected chi connectivity index (χ2v) is 5.21. The van der Waals surface area contributed by atoms with E-state index < -0.39 is 34.9 Å². The number of amides is 1. The van der Waals surface area contributed by atoms with E-state index in [0.717, 1.165) is 5.01 Å². The van der Waals surface area contributed by atoms with Crippen LogP contribution in [0, 0.1) is 16.7 Å². The maximum Gasteiger partial charge on any atom is 0.353 e. The first-order valence-corrected chi connectivity index (χ1v) is 7.47. The van der Waals surface area contributed by atoms with E-state index in [2.05, 4.69) is 10.1 Å². The van der Waals surface area contributed by atoms with Crippen molar-refractivity contribution >= 4 is 35.5 Å². The molecule has 0 fully saturated rings. The van der Waals surface area contributed by atoms with Gasteiger partial charge in [0.1, 0.15) is 17.0 Å². The number of hydrogen-bond acceptors (Lipinski definition) is 8. The van der Waals surface area contributed by atoms with E-state index in [0.29, 0.717) is 0 Å². The third-order valence-electron chi connectivity index (χ3n) is 3.76. The van der Waals surface area contributed by atoms with E-state index >= 15 is 0 Å². The highest BCUT2D eigenvalue weighted by molar-refractivity contribution is 6.46. The Hall–Kier alpha value is -2.58. The number of hydrogen-bond donors (Lipinski definition) is 1. The molecule has 1 N–H and O–H groups in total. The van der Waals surface area contributed by atoms with Gasteiger partial charge >= 0.3 is 11.9 Å². The van der Waals surface area contributed by atoms with Crippen LogP contribution in [0.3, 0.4) is 0 Å². The number of carbonyl (C=O) groups is 3. The third kappa shape index (κ3) is 3.34. The second-order valence-electron chi connectivity index (χ2n) is 5.21. The van der Waals surface area contributed by atoms with Crippen LogP contribution >= 0.6 is 0 Å². The second kappa shape index (κ2) is 7.80. The Morgan fingerprint density at radius 2 is 1.96 bits per heavy atom. The number of rotatable bonds is 6. The van der Waals surface area contributed by atoms with Crippen molar-refractivity contribution < 1.29 is 23.9 Å². The summed E-state index contributed by atoms with van der Waals surface area (Å²) in [4.78, 5) is 41.2. The van der Waals surface area contributed by atoms with Crippen molar-refractivity contribution in [1.29, 1.82) is 5.41 Å². The van der Waals surface area contributed by atoms with Gasteiger partial charge in [-0.3, -0.25) is 20.0 Å². The van der Waals surface area contributed by atoms with Crippen LogP contribution in [-0.4, -0.2) is 67.8 Å². The van der Waals surface area contributed by atoms with E-state index in [4.69, 9.17) is 14.9 Å². The molecule has 0 spiro atoms. The summed E-state index contributed by atoms with van der Waals surface area (Å²) in [6.07, 6.45) is 1.32. The molecule has 0 saturated heterocycles. The molecule has 2 atom stereocenters. The monoisotopic (exact) mass is 338 g/mol. The summed E-state index contributed by atoms with van der Waals surface area (Å²) in [7, 11) is 2.85. The third-order valence-corrected chi connectivity index (χ3v) is 3.76. The molecule has 1 aliphatic rings. The molecule has 24 heavy (non-hydrogen) atoms. The molecular formula is C15H22N4O5. The quantitative estimate of drug-likeness (QED) is 0.551. The standard InChI is InChI=1S/C15H22N4O5/c1-6-23-13(21)11(16)15(3,14(22)24-7-2)10-9(17-4)8-18-19(5)12(10)20/h8,10,16H,6-7H2,1-5H3. The molecule has 9 nitrogen and oxygen atoms in total. The van der Waals surface area contributed by atoms with Gasteiger partial charge in [-0.2, -0.15) is 5.10 Å². The van der Waals surface area contributed by atoms with Gasteiger partial charge in [0.05, 0.1) is 25.1 Å². The van der Waals surface area contributed by atoms with Crippen molar-refractivity contribution in [3.05, 3.63) is 0 Å². The topological polar surface area (TPSA) is 121 Å². The predicted molar refractivity (Wildman–Crippen MR) is 87.2 cm³/mol. The van der Waals surface area contributed by atoms with Crippen LogP contribution in [0.5, 0.6) is 0 Å². The number of carbonyl (C=O) groups excluding carboxylic acids is 3. The van der Waals surface area contributed by atoms with E-state index in [9.17, 15) is 14.4 Å². The van der Waals surface area contributed by atoms with Gasteiger partial charge in [-0.15, -0.1) is 0 Å². The van der Waals surface area contributed by atoms with Gasteiger partial charge in [0.2, 0.25) is 0 Å². The van der Waals surface area contributed by atoms with Gasteiger partial charge in [-0.1, -0.05) is 0 Å². The van der Waals surface area contributed by atoms with Gasteiger partial charge < -0.3 is 9.47 Å². The van der Waals surface area contributed by atoms with E-state index in [1.807, 2.05) is 0 Å². The van der Waals surface area contributed by atoms with Crippen LogP contribution in [0.4, 0.5) is 0 Å². The van der Waals surface area contributed by atoms with E-state index in [-0.39, 0.29) is 18.9 Å². The van der Waals surface area contributed by atoms with E-state index in [1.54, 1.807) is 13.8 Å². The predicted octanol–water partition coefficient (Wildman–Crippen LogP) is 0.283. The Morgan fingerprint density at radius 3 is 2.46 bits per heavy atom. The van der Waals surface area contributed by atoms with Gasteiger partial charge in [-0.05, 0) is 20.8 Å². The molecule has 1 rings (SSSR count). The van der Waals surface area contributed by atoms with Crippen molar-refractivity contribution in [2.75, 3.05) is 27.3 Å². The molecule has 132 valence electrons. The van der Waals surface area contributed by atoms with Crippen molar-refractivity contribution in [1.82, 2.24) is 5.01 Å². The molecule has 0 saturated carbocycles. The smallest absolute Gasteiger partial charge is 0.353 e. The summed E-state index contributed by atoms with van der Waals surface area (Å²) in [5, 5.41) is 13.1. The minimum absolute atomic E-state index is 0.0357. The summed E-state index contributed by atoms with van der Waals surface area (Å²) in [5.74, 6) is -3.63. The van der Waals surface area contributed by atoms with Crippen molar-refractivity contribution in [3.63, 3.8) is 0 Å². The van der Waals surface area contributed by atoms with Gasteiger partial charge in [0.25, 0.3) is 5.91 Å². The molecular weight excluding hydrogens is 316 g/mol. The lowest BCUT2D eigenvalue weighted by Crippen LogP contribution is -2.57. The van der Waals surface area contributed by atoms with Crippen LogP contribution in [-0.2, 0) is 23.9 Å². The number of nitrogens with zero attached hydrogens (tertiary/aromatic N) is 3. The molecule has 1 aliphatic heterocycles. The first-order chi connectivity index (χ1) is 11.2. The largest absolute Gasteiger partial charge is 0.465 e. The number of hydrazone groups is 1. The van der Waals surface area contributed by atoms with Gasteiger partial charge in [0.15, 0.2) is 0 Å². The highest BCUT2D eigenvalue weighted by Crippen LogP contribution is 2.35. The van der Waals surface area contributed by atoms with Gasteiger partial charge in [0, 0.05) is 14.1 Å². The fourth-order valence-corrected chi connectivity index (χ4v) is 2.38. The molecule has 0 aromatic rings. The van der Waals surface area contributed by atoms with Crippen molar-refractivity contribution in [2.45, 2.75) is 20.8 Å². The highest BCUT2D eigenvalue weighted by atomic mass is 16.5. The van der Waals surface area contributed by atoms with Crippen LogP contribution in [0.2, 0.25) is 0 Å². The Labute approximate surface area is 140 Å². The Morgan fingerprint density at radius 1 is 1.38 bits per heavy atom. The Kier molecular flexibility index (Phi) is 6.33. The van der Waals surface area contributed by atoms with Crippen LogP contribution in [0.15, 0.2) is 10.1 Å². The minimum Gasteiger partial charge on any atom is -0.465 e. The summed E-state index contributed by atoms with van der Waals surface area (Å²) in [6, 6.07) is 0. The average Bonchev–Trinajstić information content (AvgIpc) is 2.56. The Bertz CT molecular complexity index is 613. The summed E-state index contributed by atoms with van der Waals surface area (Å²) in [5.41, 5.74) is -2.36. The lowest BCUT2D eigenvalue weighted by atomic mass is 9.69. The summed E-state index contributed by atoms with van der Waals surface area (Å²) >= 11 is 0. The molecule has 0 aliphatic carbocycles. The molecule has 0 bridgehead atoms. The zero-order valence-electron chi connectivity index (χ0n) is 14.5. The SMILES string of the molecule is CCOC(=O)C(=N)C(C)(C(=O)OCC)C1C(=O)N(C)N=CC1=NC. The van der Waals surface area contributed by atoms with Crippen LogP contribution < -0.4 is 0 Å². The normalized spacial score (nSPS) is 21.4. The zero-order chi connectivity index (χ0) is 18.5. The summed E-state index contributed by atoms with van der Waals surface area (Å²) < 4.78 is 9.86. The molecule has 1 heterocycles. The molecule has 2 unspecified atom stereocenters. The fraction of sp³-hybridized carbons (Fsp3) is 0.600. The van der Waals surface area contributed by atoms with E-state index in [1.165, 1.54) is 27.2 Å². The zero-order valence-corrected chi connectivity index (χ0v) is 14.5. The average molecular weight is 338 g/mol. The number of aliphatic imine (C=N–C) groups is 1. The first kappa shape index (κ1) is 19.5. The van der Waals surface area contributed by atoms with Gasteiger partial charge in [-0.25, -0.2) is 9.80 Å². The molecule has 0 aromatic carbocycles. The maximum atomic E-state index is 12.6. The molecule has 0 aromatic heterocycles. The minimum atomic E-state index is -1.88. The molecule has 9 heteroatoms. The Balaban J connectivity index is 3.49. The van der Waals surface area contributed by atoms with Crippen LogP contribution in [0.1, 0.15) is 20.8 Å². The first-order valence-electron chi connectivity index (χ1n) is 7.47. The molecule has 0 radical (unpaired) electrons. The fourth-order valence-electron chi connectivity index (χ4n) is 2.38. The number of esters is 2. The van der Waals surface area contributed by atoms with Crippen molar-refractivity contribution in [3.8, 4) is 0 Å². The molecule has 1 amide bonds. The lowest BCUT2D eigenvalue weighted by molar-refractivity contribution is -0.157. The lowest BCUT2D eigenvalue weighted by Gasteiger charge is -2.36. The van der Waals surface area contributed by atoms with Crippen LogP contribution in [0.25, 0.3) is 0 Å².